The number of benzene rings is 2. The molecule has 0 saturated carbocycles. The molecule has 2 aromatic carbocycles. The molecular formula is C18H18N2O3. The Labute approximate surface area is 134 Å². The van der Waals surface area contributed by atoms with Crippen molar-refractivity contribution in [1.82, 2.24) is 0 Å². The molecule has 0 radical (unpaired) electrons. The van der Waals surface area contributed by atoms with Gasteiger partial charge in [-0.25, -0.2) is 4.79 Å². The molecule has 2 N–H and O–H groups in total. The van der Waals surface area contributed by atoms with Crippen molar-refractivity contribution in [3.05, 3.63) is 60.2 Å². The molecular weight excluding hydrogens is 292 g/mol. The molecule has 1 heterocycles. The Bertz CT molecular complexity index is 715. The minimum absolute atomic E-state index is 0.112. The first-order chi connectivity index (χ1) is 11.2. The maximum Gasteiger partial charge on any atom is 0.412 e. The van der Waals surface area contributed by atoms with Gasteiger partial charge in [0.25, 0.3) is 0 Å². The average Bonchev–Trinajstić information content (AvgIpc) is 2.59. The number of rotatable bonds is 4. The number of ketones is 1. The van der Waals surface area contributed by atoms with Crippen molar-refractivity contribution in [2.24, 2.45) is 0 Å². The third-order valence-electron chi connectivity index (χ3n) is 4.07. The second-order valence-corrected chi connectivity index (χ2v) is 5.52. The van der Waals surface area contributed by atoms with E-state index in [0.29, 0.717) is 18.5 Å². The summed E-state index contributed by atoms with van der Waals surface area (Å²) in [6.07, 6.45) is 0.135. The number of hydrogen-bond acceptors (Lipinski definition) is 3. The molecule has 1 aliphatic rings. The zero-order valence-corrected chi connectivity index (χ0v) is 12.6. The second kappa shape index (κ2) is 6.52. The molecule has 0 aliphatic carbocycles. The number of fused-ring (bicyclic) bond motifs is 1. The van der Waals surface area contributed by atoms with E-state index in [4.69, 9.17) is 0 Å². The normalized spacial score (nSPS) is 16.5. The van der Waals surface area contributed by atoms with E-state index < -0.39 is 12.1 Å². The van der Waals surface area contributed by atoms with Crippen molar-refractivity contribution in [3.63, 3.8) is 0 Å². The summed E-state index contributed by atoms with van der Waals surface area (Å²) >= 11 is 0. The molecule has 5 heteroatoms. The van der Waals surface area contributed by atoms with Crippen molar-refractivity contribution in [3.8, 4) is 0 Å². The number of carbonyl (C=O) groups is 2. The predicted octanol–water partition coefficient (Wildman–Crippen LogP) is 3.17. The molecule has 1 amide bonds. The minimum Gasteiger partial charge on any atom is -0.465 e. The first kappa shape index (κ1) is 15.1. The maximum absolute atomic E-state index is 12.5. The molecule has 0 saturated heterocycles. The third-order valence-corrected chi connectivity index (χ3v) is 4.07. The van der Waals surface area contributed by atoms with Gasteiger partial charge in [0.05, 0.1) is 12.2 Å². The number of nitrogens with zero attached hydrogens (tertiary/aromatic N) is 1. The van der Waals surface area contributed by atoms with Crippen molar-refractivity contribution in [2.45, 2.75) is 18.9 Å². The van der Waals surface area contributed by atoms with Gasteiger partial charge in [0.1, 0.15) is 6.04 Å². The molecule has 2 aromatic rings. The van der Waals surface area contributed by atoms with Gasteiger partial charge in [0.15, 0.2) is 5.78 Å². The molecule has 1 atom stereocenters. The number of anilines is 2. The summed E-state index contributed by atoms with van der Waals surface area (Å²) in [5, 5.41) is 12.6. The van der Waals surface area contributed by atoms with Gasteiger partial charge in [-0.05, 0) is 36.6 Å². The van der Waals surface area contributed by atoms with E-state index in [-0.39, 0.29) is 12.3 Å². The Balaban J connectivity index is 1.76. The predicted molar refractivity (Wildman–Crippen MR) is 89.0 cm³/mol. The summed E-state index contributed by atoms with van der Waals surface area (Å²) in [4.78, 5) is 25.4. The van der Waals surface area contributed by atoms with Crippen LogP contribution in [0.1, 0.15) is 12.0 Å². The van der Waals surface area contributed by atoms with Crippen LogP contribution in [0.25, 0.3) is 0 Å². The van der Waals surface area contributed by atoms with Crippen LogP contribution in [0.3, 0.4) is 0 Å². The second-order valence-electron chi connectivity index (χ2n) is 5.52. The quantitative estimate of drug-likeness (QED) is 0.910. The molecule has 1 unspecified atom stereocenters. The number of Topliss-reactive ketones (excluding diaryl/α,β-unsaturated/α-hetero) is 1. The van der Waals surface area contributed by atoms with Gasteiger partial charge in [-0.3, -0.25) is 9.69 Å². The third kappa shape index (κ3) is 3.18. The number of carbonyl (C=O) groups excluding carboxylic acids is 1. The fourth-order valence-electron chi connectivity index (χ4n) is 2.95. The summed E-state index contributed by atoms with van der Waals surface area (Å²) in [6.45, 7) is 0.112. The van der Waals surface area contributed by atoms with Gasteiger partial charge in [0.2, 0.25) is 0 Å². The molecule has 0 aromatic heterocycles. The van der Waals surface area contributed by atoms with E-state index in [1.165, 1.54) is 4.90 Å². The van der Waals surface area contributed by atoms with Crippen LogP contribution < -0.4 is 10.2 Å². The van der Waals surface area contributed by atoms with E-state index >= 15 is 0 Å². The molecule has 0 bridgehead atoms. The molecule has 0 spiro atoms. The Kier molecular flexibility index (Phi) is 4.28. The highest BCUT2D eigenvalue weighted by molar-refractivity contribution is 6.00. The molecule has 5 nitrogen and oxygen atoms in total. The molecule has 0 fully saturated rings. The van der Waals surface area contributed by atoms with E-state index in [2.05, 4.69) is 5.32 Å². The summed E-state index contributed by atoms with van der Waals surface area (Å²) < 4.78 is 0. The van der Waals surface area contributed by atoms with Crippen LogP contribution in [0.15, 0.2) is 54.6 Å². The standard InChI is InChI=1S/C18H18N2O3/c21-17(12-19-14-7-2-1-3-8-14)16-11-10-13-6-4-5-9-15(13)20(16)18(22)23/h1-9,16,19H,10-12H2,(H,22,23). The van der Waals surface area contributed by atoms with Crippen LogP contribution in [-0.2, 0) is 11.2 Å². The monoisotopic (exact) mass is 310 g/mol. The van der Waals surface area contributed by atoms with Gasteiger partial charge < -0.3 is 10.4 Å². The number of hydrogen-bond donors (Lipinski definition) is 2. The highest BCUT2D eigenvalue weighted by Gasteiger charge is 2.35. The van der Waals surface area contributed by atoms with Gasteiger partial charge in [-0.1, -0.05) is 36.4 Å². The average molecular weight is 310 g/mol. The van der Waals surface area contributed by atoms with Crippen molar-refractivity contribution < 1.29 is 14.7 Å². The largest absolute Gasteiger partial charge is 0.465 e. The molecule has 118 valence electrons. The fraction of sp³-hybridized carbons (Fsp3) is 0.222. The number of para-hydroxylation sites is 2. The first-order valence-electron chi connectivity index (χ1n) is 7.58. The van der Waals surface area contributed by atoms with E-state index in [0.717, 1.165) is 11.3 Å². The van der Waals surface area contributed by atoms with Crippen LogP contribution in [0, 0.1) is 0 Å². The van der Waals surface area contributed by atoms with Crippen LogP contribution in [-0.4, -0.2) is 29.6 Å². The van der Waals surface area contributed by atoms with Gasteiger partial charge in [-0.2, -0.15) is 0 Å². The Morgan fingerprint density at radius 1 is 1.09 bits per heavy atom. The summed E-state index contributed by atoms with van der Waals surface area (Å²) in [6, 6.07) is 16.1. The lowest BCUT2D eigenvalue weighted by Crippen LogP contribution is -2.49. The van der Waals surface area contributed by atoms with Gasteiger partial charge in [-0.15, -0.1) is 0 Å². The van der Waals surface area contributed by atoms with Crippen molar-refractivity contribution in [1.29, 1.82) is 0 Å². The highest BCUT2D eigenvalue weighted by atomic mass is 16.4. The number of amides is 1. The number of aryl methyl sites for hydroxylation is 1. The lowest BCUT2D eigenvalue weighted by molar-refractivity contribution is -0.118. The fourth-order valence-corrected chi connectivity index (χ4v) is 2.95. The van der Waals surface area contributed by atoms with E-state index in [1.807, 2.05) is 42.5 Å². The van der Waals surface area contributed by atoms with Gasteiger partial charge >= 0.3 is 6.09 Å². The number of carboxylic acid groups (broad SMARTS) is 1. The van der Waals surface area contributed by atoms with Crippen LogP contribution in [0.5, 0.6) is 0 Å². The Morgan fingerprint density at radius 2 is 1.78 bits per heavy atom. The lowest BCUT2D eigenvalue weighted by Gasteiger charge is -2.34. The minimum atomic E-state index is -1.09. The SMILES string of the molecule is O=C(CNc1ccccc1)C1CCc2ccccc2N1C(=O)O. The Morgan fingerprint density at radius 3 is 2.52 bits per heavy atom. The molecule has 23 heavy (non-hydrogen) atoms. The number of nitrogens with one attached hydrogen (secondary N) is 1. The first-order valence-corrected chi connectivity index (χ1v) is 7.58. The lowest BCUT2D eigenvalue weighted by atomic mass is 9.93. The topological polar surface area (TPSA) is 69.6 Å². The summed E-state index contributed by atoms with van der Waals surface area (Å²) in [5.41, 5.74) is 2.43. The van der Waals surface area contributed by atoms with Crippen molar-refractivity contribution >= 4 is 23.3 Å². The van der Waals surface area contributed by atoms with Crippen molar-refractivity contribution in [2.75, 3.05) is 16.8 Å². The molecule has 3 rings (SSSR count). The highest BCUT2D eigenvalue weighted by Crippen LogP contribution is 2.31. The smallest absolute Gasteiger partial charge is 0.412 e. The zero-order chi connectivity index (χ0) is 16.2. The maximum atomic E-state index is 12.5. The summed E-state index contributed by atoms with van der Waals surface area (Å²) in [7, 11) is 0. The van der Waals surface area contributed by atoms with Crippen LogP contribution in [0.4, 0.5) is 16.2 Å². The van der Waals surface area contributed by atoms with Gasteiger partial charge in [0, 0.05) is 5.69 Å². The van der Waals surface area contributed by atoms with Crippen LogP contribution in [0.2, 0.25) is 0 Å². The zero-order valence-electron chi connectivity index (χ0n) is 12.6. The van der Waals surface area contributed by atoms with Crippen LogP contribution >= 0.6 is 0 Å². The molecule has 1 aliphatic heterocycles. The Hall–Kier alpha value is -2.82. The van der Waals surface area contributed by atoms with E-state index in [9.17, 15) is 14.7 Å². The summed E-state index contributed by atoms with van der Waals surface area (Å²) in [5.74, 6) is -0.120. The van der Waals surface area contributed by atoms with E-state index in [1.54, 1.807) is 12.1 Å².